The third-order valence-electron chi connectivity index (χ3n) is 2.25. The van der Waals surface area contributed by atoms with Crippen molar-refractivity contribution >= 4 is 19.7 Å². The molecule has 0 unspecified atom stereocenters. The number of amides is 1. The molecule has 0 radical (unpaired) electrons. The summed E-state index contributed by atoms with van der Waals surface area (Å²) < 4.78 is 19.7. The minimum absolute atomic E-state index is 0.0308. The van der Waals surface area contributed by atoms with Gasteiger partial charge in [0.2, 0.25) is 5.91 Å². The van der Waals surface area contributed by atoms with Crippen molar-refractivity contribution in [3.8, 4) is 0 Å². The third-order valence-corrected chi connectivity index (χ3v) is 2.77. The molecule has 1 amide bonds. The van der Waals surface area contributed by atoms with Crippen LogP contribution in [0.5, 0.6) is 0 Å². The molecule has 0 atom stereocenters. The van der Waals surface area contributed by atoms with Gasteiger partial charge in [0.05, 0.1) is 13.2 Å². The molecule has 0 fully saturated rings. The van der Waals surface area contributed by atoms with E-state index in [0.29, 0.717) is 0 Å². The van der Waals surface area contributed by atoms with Crippen LogP contribution in [0.15, 0.2) is 0 Å². The van der Waals surface area contributed by atoms with E-state index in [1.165, 1.54) is 11.9 Å². The predicted octanol–water partition coefficient (Wildman–Crippen LogP) is 0.924. The molecule has 0 aliphatic carbocycles. The van der Waals surface area contributed by atoms with Crippen molar-refractivity contribution in [3.63, 3.8) is 0 Å². The van der Waals surface area contributed by atoms with Gasteiger partial charge in [-0.1, -0.05) is 20.8 Å². The zero-order valence-corrected chi connectivity index (χ0v) is 13.8. The number of likely N-dealkylation sites (N-methyl/N-ethyl adjacent to an activating group) is 1. The van der Waals surface area contributed by atoms with Gasteiger partial charge in [-0.3, -0.25) is 14.1 Å². The zero-order valence-electron chi connectivity index (χ0n) is 12.9. The number of nitrogens with zero attached hydrogens (tertiary/aromatic N) is 1. The van der Waals surface area contributed by atoms with Crippen molar-refractivity contribution < 1.29 is 33.2 Å². The van der Waals surface area contributed by atoms with Crippen molar-refractivity contribution in [3.05, 3.63) is 0 Å². The lowest BCUT2D eigenvalue weighted by molar-refractivity contribution is -0.150. The summed E-state index contributed by atoms with van der Waals surface area (Å²) in [6, 6.07) is 0. The second-order valence-electron chi connectivity index (χ2n) is 5.90. The largest absolute Gasteiger partial charge is 0.469 e. The Bertz CT molecular complexity index is 399. The van der Waals surface area contributed by atoms with Gasteiger partial charge in [-0.25, -0.2) is 4.57 Å². The molecular formula is C12H24NO7P. The molecule has 0 aromatic carbocycles. The fourth-order valence-corrected chi connectivity index (χ4v) is 1.59. The zero-order chi connectivity index (χ0) is 16.7. The highest BCUT2D eigenvalue weighted by Gasteiger charge is 2.18. The second kappa shape index (κ2) is 8.48. The Kier molecular flexibility index (Phi) is 8.10. The van der Waals surface area contributed by atoms with Crippen LogP contribution in [0.25, 0.3) is 0 Å². The van der Waals surface area contributed by atoms with E-state index in [2.05, 4.69) is 4.52 Å². The van der Waals surface area contributed by atoms with Crippen LogP contribution in [-0.4, -0.2) is 53.4 Å². The van der Waals surface area contributed by atoms with Crippen molar-refractivity contribution in [2.24, 2.45) is 5.41 Å². The molecule has 0 aromatic rings. The van der Waals surface area contributed by atoms with Crippen molar-refractivity contribution in [1.82, 2.24) is 4.90 Å². The van der Waals surface area contributed by atoms with Gasteiger partial charge in [0.25, 0.3) is 0 Å². The molecule has 0 heterocycles. The van der Waals surface area contributed by atoms with E-state index in [1.807, 2.05) is 20.8 Å². The molecule has 9 heteroatoms. The fourth-order valence-electron chi connectivity index (χ4n) is 1.22. The molecule has 0 aliphatic rings. The lowest BCUT2D eigenvalue weighted by Crippen LogP contribution is -2.34. The maximum absolute atomic E-state index is 11.7. The molecule has 8 nitrogen and oxygen atoms in total. The molecule has 0 spiro atoms. The first-order chi connectivity index (χ1) is 9.41. The topological polar surface area (TPSA) is 113 Å². The Morgan fingerprint density at radius 1 is 1.24 bits per heavy atom. The maximum atomic E-state index is 11.7. The van der Waals surface area contributed by atoms with Crippen LogP contribution in [0.1, 0.15) is 33.6 Å². The minimum atomic E-state index is -4.50. The molecule has 2 N–H and O–H groups in total. The van der Waals surface area contributed by atoms with Crippen LogP contribution < -0.4 is 0 Å². The monoisotopic (exact) mass is 325 g/mol. The molecule has 21 heavy (non-hydrogen) atoms. The number of hydrogen-bond acceptors (Lipinski definition) is 5. The normalized spacial score (nSPS) is 12.1. The fraction of sp³-hybridized carbons (Fsp3) is 0.833. The van der Waals surface area contributed by atoms with E-state index in [-0.39, 0.29) is 43.9 Å². The molecule has 0 bridgehead atoms. The van der Waals surface area contributed by atoms with Crippen LogP contribution >= 0.6 is 7.82 Å². The van der Waals surface area contributed by atoms with Crippen LogP contribution in [-0.2, 0) is 23.4 Å². The van der Waals surface area contributed by atoms with Gasteiger partial charge in [0.15, 0.2) is 0 Å². The predicted molar refractivity (Wildman–Crippen MR) is 75.3 cm³/mol. The molecule has 0 aliphatic heterocycles. The summed E-state index contributed by atoms with van der Waals surface area (Å²) in [5.41, 5.74) is -0.141. The van der Waals surface area contributed by atoms with Crippen LogP contribution in [0.2, 0.25) is 0 Å². The molecule has 0 aromatic heterocycles. The number of carbonyl (C=O) groups excluding carboxylic acids is 2. The van der Waals surface area contributed by atoms with E-state index >= 15 is 0 Å². The maximum Gasteiger partial charge on any atom is 0.469 e. The summed E-state index contributed by atoms with van der Waals surface area (Å²) in [7, 11) is -3.03. The number of ether oxygens (including phenoxy) is 1. The van der Waals surface area contributed by atoms with E-state index < -0.39 is 13.8 Å². The lowest BCUT2D eigenvalue weighted by Gasteiger charge is -2.20. The first-order valence-electron chi connectivity index (χ1n) is 6.50. The smallest absolute Gasteiger partial charge is 0.464 e. The van der Waals surface area contributed by atoms with Crippen molar-refractivity contribution in [2.45, 2.75) is 33.6 Å². The van der Waals surface area contributed by atoms with E-state index in [4.69, 9.17) is 14.5 Å². The SMILES string of the molecule is CN(CC(=O)OCC(C)(C)C)C(=O)CCCOP(=O)(O)O. The first kappa shape index (κ1) is 20.1. The van der Waals surface area contributed by atoms with Gasteiger partial charge in [-0.05, 0) is 11.8 Å². The van der Waals surface area contributed by atoms with E-state index in [9.17, 15) is 14.2 Å². The highest BCUT2D eigenvalue weighted by atomic mass is 31.2. The number of phosphoric ester groups is 1. The van der Waals surface area contributed by atoms with Crippen molar-refractivity contribution in [2.75, 3.05) is 26.8 Å². The van der Waals surface area contributed by atoms with Gasteiger partial charge >= 0.3 is 13.8 Å². The van der Waals surface area contributed by atoms with Crippen molar-refractivity contribution in [1.29, 1.82) is 0 Å². The summed E-state index contributed by atoms with van der Waals surface area (Å²) in [5.74, 6) is -0.815. The van der Waals surface area contributed by atoms with Gasteiger partial charge in [0, 0.05) is 13.5 Å². The van der Waals surface area contributed by atoms with Gasteiger partial charge in [-0.2, -0.15) is 0 Å². The standard InChI is InChI=1S/C12H24NO7P/c1-12(2,3)9-19-11(15)8-13(4)10(14)6-5-7-20-21(16,17)18/h5-9H2,1-4H3,(H2,16,17,18). The highest BCUT2D eigenvalue weighted by Crippen LogP contribution is 2.35. The highest BCUT2D eigenvalue weighted by molar-refractivity contribution is 7.46. The quantitative estimate of drug-likeness (QED) is 0.387. The van der Waals surface area contributed by atoms with Gasteiger partial charge in [-0.15, -0.1) is 0 Å². The second-order valence-corrected chi connectivity index (χ2v) is 7.14. The number of rotatable bonds is 8. The molecule has 0 rings (SSSR count). The average Bonchev–Trinajstić information content (AvgIpc) is 2.29. The lowest BCUT2D eigenvalue weighted by atomic mass is 9.99. The Morgan fingerprint density at radius 3 is 2.29 bits per heavy atom. The number of carbonyl (C=O) groups is 2. The minimum Gasteiger partial charge on any atom is -0.464 e. The summed E-state index contributed by atoms with van der Waals surface area (Å²) in [4.78, 5) is 41.3. The Balaban J connectivity index is 3.94. The Labute approximate surface area is 124 Å². The van der Waals surface area contributed by atoms with Crippen LogP contribution in [0.4, 0.5) is 0 Å². The number of hydrogen-bond donors (Lipinski definition) is 2. The third kappa shape index (κ3) is 12.5. The summed E-state index contributed by atoms with van der Waals surface area (Å²) >= 11 is 0. The molecule has 0 saturated carbocycles. The van der Waals surface area contributed by atoms with E-state index in [0.717, 1.165) is 0 Å². The van der Waals surface area contributed by atoms with E-state index in [1.54, 1.807) is 0 Å². The molecule has 124 valence electrons. The average molecular weight is 325 g/mol. The summed E-state index contributed by atoms with van der Waals surface area (Å²) in [6.45, 7) is 5.67. The number of phosphoric acid groups is 1. The summed E-state index contributed by atoms with van der Waals surface area (Å²) in [5, 5.41) is 0. The Hall–Kier alpha value is -0.950. The van der Waals surface area contributed by atoms with Crippen LogP contribution in [0, 0.1) is 5.41 Å². The first-order valence-corrected chi connectivity index (χ1v) is 8.03. The molecular weight excluding hydrogens is 301 g/mol. The summed E-state index contributed by atoms with van der Waals surface area (Å²) in [6.07, 6.45) is 0.189. The van der Waals surface area contributed by atoms with Gasteiger partial charge < -0.3 is 19.4 Å². The Morgan fingerprint density at radius 2 is 1.81 bits per heavy atom. The molecule has 0 saturated heterocycles. The van der Waals surface area contributed by atoms with Crippen LogP contribution in [0.3, 0.4) is 0 Å². The van der Waals surface area contributed by atoms with Gasteiger partial charge in [0.1, 0.15) is 6.54 Å². The number of esters is 1.